The van der Waals surface area contributed by atoms with Crippen LogP contribution in [0.4, 0.5) is 5.69 Å². The first-order valence-corrected chi connectivity index (χ1v) is 11.4. The minimum absolute atomic E-state index is 0.126. The van der Waals surface area contributed by atoms with Crippen LogP contribution in [0.25, 0.3) is 0 Å². The first-order chi connectivity index (χ1) is 14.9. The number of nitrogens with one attached hydrogen (secondary N) is 2. The van der Waals surface area contributed by atoms with Crippen LogP contribution in [0.3, 0.4) is 0 Å². The van der Waals surface area contributed by atoms with Crippen LogP contribution < -0.4 is 10.6 Å². The zero-order valence-electron chi connectivity index (χ0n) is 16.2. The Kier molecular flexibility index (Phi) is 5.08. The van der Waals surface area contributed by atoms with Crippen molar-refractivity contribution in [3.05, 3.63) is 97.9 Å². The van der Waals surface area contributed by atoms with E-state index in [0.717, 1.165) is 26.9 Å². The third kappa shape index (κ3) is 3.27. The molecule has 0 unspecified atom stereocenters. The van der Waals surface area contributed by atoms with E-state index >= 15 is 0 Å². The molecule has 3 aromatic carbocycles. The van der Waals surface area contributed by atoms with E-state index in [4.69, 9.17) is 23.2 Å². The minimum atomic E-state index is -1.06. The van der Waals surface area contributed by atoms with Gasteiger partial charge in [-0.1, -0.05) is 69.5 Å². The van der Waals surface area contributed by atoms with E-state index in [1.54, 1.807) is 18.2 Å². The van der Waals surface area contributed by atoms with Crippen molar-refractivity contribution in [2.45, 2.75) is 23.8 Å². The van der Waals surface area contributed by atoms with Gasteiger partial charge in [0.05, 0.1) is 6.04 Å². The van der Waals surface area contributed by atoms with Crippen LogP contribution in [-0.2, 0) is 15.0 Å². The highest BCUT2D eigenvalue weighted by Gasteiger charge is 2.61. The summed E-state index contributed by atoms with van der Waals surface area (Å²) in [7, 11) is 0. The Morgan fingerprint density at radius 2 is 1.58 bits per heavy atom. The van der Waals surface area contributed by atoms with Crippen LogP contribution in [0.2, 0.25) is 10.0 Å². The lowest BCUT2D eigenvalue weighted by molar-refractivity contribution is -0.131. The zero-order valence-corrected chi connectivity index (χ0v) is 19.3. The summed E-state index contributed by atoms with van der Waals surface area (Å²) in [6.45, 7) is 0. The second kappa shape index (κ2) is 7.66. The zero-order chi connectivity index (χ0) is 21.8. The van der Waals surface area contributed by atoms with Crippen LogP contribution in [0.5, 0.6) is 0 Å². The number of fused-ring (bicyclic) bond motifs is 2. The second-order valence-corrected chi connectivity index (χ2v) is 9.67. The van der Waals surface area contributed by atoms with Crippen LogP contribution in [0.15, 0.2) is 71.2 Å². The second-order valence-electron chi connectivity index (χ2n) is 7.88. The molecular weight excluding hydrogens is 499 g/mol. The summed E-state index contributed by atoms with van der Waals surface area (Å²) >= 11 is 16.1. The van der Waals surface area contributed by atoms with E-state index in [1.807, 2.05) is 48.5 Å². The molecule has 2 aliphatic heterocycles. The summed E-state index contributed by atoms with van der Waals surface area (Å²) in [5.41, 5.74) is 2.14. The van der Waals surface area contributed by atoms with Crippen LogP contribution in [0.1, 0.15) is 35.1 Å². The lowest BCUT2D eigenvalue weighted by atomic mass is 9.59. The molecule has 0 aromatic heterocycles. The van der Waals surface area contributed by atoms with E-state index in [1.165, 1.54) is 0 Å². The number of hydrogen-bond donors (Lipinski definition) is 2. The number of benzene rings is 3. The number of rotatable bonds is 2. The van der Waals surface area contributed by atoms with Crippen LogP contribution in [-0.4, -0.2) is 11.8 Å². The van der Waals surface area contributed by atoms with E-state index in [0.29, 0.717) is 10.0 Å². The van der Waals surface area contributed by atoms with Crippen molar-refractivity contribution in [3.8, 4) is 0 Å². The Morgan fingerprint density at radius 3 is 2.29 bits per heavy atom. The van der Waals surface area contributed by atoms with Gasteiger partial charge in [0.15, 0.2) is 0 Å². The van der Waals surface area contributed by atoms with Crippen molar-refractivity contribution in [3.63, 3.8) is 0 Å². The largest absolute Gasteiger partial charge is 0.348 e. The number of hydrogen-bond acceptors (Lipinski definition) is 2. The molecule has 2 heterocycles. The molecule has 1 saturated heterocycles. The average Bonchev–Trinajstić information content (AvgIpc) is 3.01. The molecule has 0 radical (unpaired) electrons. The van der Waals surface area contributed by atoms with Gasteiger partial charge in [0.2, 0.25) is 11.8 Å². The lowest BCUT2D eigenvalue weighted by Crippen LogP contribution is -2.56. The average molecular weight is 516 g/mol. The maximum atomic E-state index is 13.8. The Balaban J connectivity index is 1.81. The summed E-state index contributed by atoms with van der Waals surface area (Å²) in [5, 5.41) is 7.25. The molecular formula is C24H17BrCl2N2O2. The van der Waals surface area contributed by atoms with Crippen molar-refractivity contribution in [2.75, 3.05) is 5.32 Å². The van der Waals surface area contributed by atoms with Gasteiger partial charge >= 0.3 is 0 Å². The Morgan fingerprint density at radius 1 is 0.903 bits per heavy atom. The third-order valence-corrected chi connectivity index (χ3v) is 7.15. The predicted octanol–water partition coefficient (Wildman–Crippen LogP) is 5.99. The van der Waals surface area contributed by atoms with E-state index < -0.39 is 17.4 Å². The molecule has 0 aliphatic carbocycles. The van der Waals surface area contributed by atoms with Crippen molar-refractivity contribution in [2.24, 2.45) is 0 Å². The summed E-state index contributed by atoms with van der Waals surface area (Å²) in [4.78, 5) is 26.7. The molecule has 3 aromatic rings. The first kappa shape index (κ1) is 20.6. The molecule has 1 fully saturated rings. The van der Waals surface area contributed by atoms with Crippen LogP contribution >= 0.6 is 39.1 Å². The highest BCUT2D eigenvalue weighted by Crippen LogP contribution is 2.57. The molecule has 2 N–H and O–H groups in total. The molecule has 31 heavy (non-hydrogen) atoms. The van der Waals surface area contributed by atoms with Gasteiger partial charge in [-0.2, -0.15) is 0 Å². The third-order valence-electron chi connectivity index (χ3n) is 6.18. The molecule has 2 amide bonds. The van der Waals surface area contributed by atoms with Gasteiger partial charge in [-0.05, 0) is 53.1 Å². The van der Waals surface area contributed by atoms with Gasteiger partial charge in [0.25, 0.3) is 0 Å². The standard InChI is InChI=1S/C24H17BrCl2N2O2/c25-15-7-8-18-20(11-15)28-23(31)24(18)19(13-3-1-5-16(26)9-13)12-21(30)29-22(24)14-4-2-6-17(27)10-14/h1-11,19,22H,12H2,(H,28,31)(H,29,30)/t19-,22+,24-/m0/s1. The fraction of sp³-hybridized carbons (Fsp3) is 0.167. The fourth-order valence-electron chi connectivity index (χ4n) is 4.98. The molecule has 5 rings (SSSR count). The van der Waals surface area contributed by atoms with Gasteiger partial charge in [-0.3, -0.25) is 9.59 Å². The molecule has 2 aliphatic rings. The number of piperidine rings is 1. The number of amides is 2. The quantitative estimate of drug-likeness (QED) is 0.440. The molecule has 7 heteroatoms. The maximum absolute atomic E-state index is 13.8. The van der Waals surface area contributed by atoms with E-state index in [-0.39, 0.29) is 18.2 Å². The highest BCUT2D eigenvalue weighted by atomic mass is 79.9. The summed E-state index contributed by atoms with van der Waals surface area (Å²) in [6, 6.07) is 19.9. The van der Waals surface area contributed by atoms with Crippen molar-refractivity contribution < 1.29 is 9.59 Å². The predicted molar refractivity (Wildman–Crippen MR) is 126 cm³/mol. The number of halogens is 3. The molecule has 156 valence electrons. The Bertz CT molecular complexity index is 1170. The van der Waals surface area contributed by atoms with Gasteiger partial charge < -0.3 is 10.6 Å². The summed E-state index contributed by atoms with van der Waals surface area (Å²) in [5.74, 6) is -0.694. The van der Waals surface area contributed by atoms with Gasteiger partial charge in [-0.25, -0.2) is 0 Å². The molecule has 3 atom stereocenters. The fourth-order valence-corrected chi connectivity index (χ4v) is 5.74. The normalized spacial score (nSPS) is 24.6. The first-order valence-electron chi connectivity index (χ1n) is 9.81. The lowest BCUT2D eigenvalue weighted by Gasteiger charge is -2.46. The highest BCUT2D eigenvalue weighted by molar-refractivity contribution is 9.10. The molecule has 0 bridgehead atoms. The van der Waals surface area contributed by atoms with Gasteiger partial charge in [0.1, 0.15) is 5.41 Å². The summed E-state index contributed by atoms with van der Waals surface area (Å²) < 4.78 is 0.863. The van der Waals surface area contributed by atoms with Crippen LogP contribution in [0, 0.1) is 0 Å². The van der Waals surface area contributed by atoms with Gasteiger partial charge in [0, 0.05) is 32.5 Å². The Hall–Kier alpha value is -2.34. The Labute approximate surface area is 198 Å². The SMILES string of the molecule is O=C1C[C@@H](c2cccc(Cl)c2)[C@]2(C(=O)Nc3cc(Br)ccc32)[C@@H](c2cccc(Cl)c2)N1. The number of carbonyl (C=O) groups excluding carboxylic acids is 2. The minimum Gasteiger partial charge on any atom is -0.348 e. The van der Waals surface area contributed by atoms with E-state index in [9.17, 15) is 9.59 Å². The van der Waals surface area contributed by atoms with Crippen molar-refractivity contribution in [1.29, 1.82) is 0 Å². The van der Waals surface area contributed by atoms with Gasteiger partial charge in [-0.15, -0.1) is 0 Å². The number of anilines is 1. The topological polar surface area (TPSA) is 58.2 Å². The van der Waals surface area contributed by atoms with E-state index in [2.05, 4.69) is 26.6 Å². The smallest absolute Gasteiger partial charge is 0.238 e. The van der Waals surface area contributed by atoms with Crippen molar-refractivity contribution in [1.82, 2.24) is 5.32 Å². The summed E-state index contributed by atoms with van der Waals surface area (Å²) in [6.07, 6.45) is 0.167. The maximum Gasteiger partial charge on any atom is 0.238 e. The monoisotopic (exact) mass is 514 g/mol. The molecule has 0 saturated carbocycles. The molecule has 4 nitrogen and oxygen atoms in total. The van der Waals surface area contributed by atoms with Crippen molar-refractivity contribution >= 4 is 56.6 Å². The molecule has 1 spiro atoms. The number of carbonyl (C=O) groups is 2.